The standard InChI is InChI=1S/C19H24N4O3.C2H6/c1-11-8-22(9-12(2)20-11)14-3-4-15-13(7-14)10-23(19(15)26)16-5-6-17(24)21-18(16)25;1-2/h3-4,7,11-12,16,20H,5-6,8-10H2,1-2H3,(H,21,24,25);1-2H3/t11-,12?,16?;/m0./s1. The molecule has 1 aromatic carbocycles. The number of carbonyl (C=O) groups excluding carboxylic acids is 3. The van der Waals surface area contributed by atoms with Crippen molar-refractivity contribution in [2.45, 2.75) is 65.2 Å². The minimum Gasteiger partial charge on any atom is -0.368 e. The molecule has 7 nitrogen and oxygen atoms in total. The molecule has 3 heterocycles. The summed E-state index contributed by atoms with van der Waals surface area (Å²) in [6.07, 6.45) is 0.669. The van der Waals surface area contributed by atoms with Crippen LogP contribution in [0.3, 0.4) is 0 Å². The zero-order valence-corrected chi connectivity index (χ0v) is 17.1. The van der Waals surface area contributed by atoms with Crippen molar-refractivity contribution in [3.8, 4) is 0 Å². The Balaban J connectivity index is 0.00000109. The molecular formula is C21H30N4O3. The summed E-state index contributed by atoms with van der Waals surface area (Å²) in [4.78, 5) is 40.2. The van der Waals surface area contributed by atoms with Crippen LogP contribution >= 0.6 is 0 Å². The number of nitrogens with one attached hydrogen (secondary N) is 2. The Hall–Kier alpha value is -2.41. The highest BCUT2D eigenvalue weighted by Gasteiger charge is 2.39. The maximum atomic E-state index is 12.8. The van der Waals surface area contributed by atoms with E-state index in [0.717, 1.165) is 24.3 Å². The summed E-state index contributed by atoms with van der Waals surface area (Å²) >= 11 is 0. The molecule has 0 bridgehead atoms. The number of amides is 3. The average molecular weight is 386 g/mol. The molecule has 152 valence electrons. The third kappa shape index (κ3) is 3.90. The van der Waals surface area contributed by atoms with Crippen molar-refractivity contribution < 1.29 is 14.4 Å². The average Bonchev–Trinajstić information content (AvgIpc) is 2.98. The molecule has 3 amide bonds. The lowest BCUT2D eigenvalue weighted by molar-refractivity contribution is -0.136. The maximum Gasteiger partial charge on any atom is 0.255 e. The van der Waals surface area contributed by atoms with Crippen LogP contribution in [0.1, 0.15) is 56.5 Å². The lowest BCUT2D eigenvalue weighted by Gasteiger charge is -2.37. The quantitative estimate of drug-likeness (QED) is 0.756. The van der Waals surface area contributed by atoms with E-state index in [0.29, 0.717) is 30.6 Å². The van der Waals surface area contributed by atoms with Crippen molar-refractivity contribution in [2.75, 3.05) is 18.0 Å². The van der Waals surface area contributed by atoms with Gasteiger partial charge in [0.1, 0.15) is 6.04 Å². The molecule has 2 unspecified atom stereocenters. The third-order valence-corrected chi connectivity index (χ3v) is 5.43. The second-order valence-corrected chi connectivity index (χ2v) is 7.62. The van der Waals surface area contributed by atoms with E-state index in [9.17, 15) is 14.4 Å². The number of hydrogen-bond donors (Lipinski definition) is 2. The molecule has 0 spiro atoms. The molecule has 3 aliphatic heterocycles. The second-order valence-electron chi connectivity index (χ2n) is 7.62. The summed E-state index contributed by atoms with van der Waals surface area (Å²) in [5.41, 5.74) is 2.73. The van der Waals surface area contributed by atoms with Crippen molar-refractivity contribution in [3.63, 3.8) is 0 Å². The van der Waals surface area contributed by atoms with Gasteiger partial charge in [0.25, 0.3) is 5.91 Å². The van der Waals surface area contributed by atoms with Crippen LogP contribution in [0.5, 0.6) is 0 Å². The van der Waals surface area contributed by atoms with E-state index in [1.165, 1.54) is 0 Å². The Morgan fingerprint density at radius 2 is 1.71 bits per heavy atom. The third-order valence-electron chi connectivity index (χ3n) is 5.43. The van der Waals surface area contributed by atoms with Crippen LogP contribution in [0, 0.1) is 0 Å². The minimum atomic E-state index is -0.560. The van der Waals surface area contributed by atoms with Crippen molar-refractivity contribution in [3.05, 3.63) is 29.3 Å². The lowest BCUT2D eigenvalue weighted by Crippen LogP contribution is -2.54. The van der Waals surface area contributed by atoms with Crippen LogP contribution in [-0.4, -0.2) is 53.8 Å². The Morgan fingerprint density at radius 1 is 1.04 bits per heavy atom. The van der Waals surface area contributed by atoms with E-state index >= 15 is 0 Å². The van der Waals surface area contributed by atoms with Crippen LogP contribution < -0.4 is 15.5 Å². The Kier molecular flexibility index (Phi) is 6.03. The number of anilines is 1. The van der Waals surface area contributed by atoms with E-state index in [1.807, 2.05) is 26.0 Å². The molecule has 3 atom stereocenters. The van der Waals surface area contributed by atoms with Crippen LogP contribution in [0.4, 0.5) is 5.69 Å². The fourth-order valence-electron chi connectivity index (χ4n) is 4.30. The molecule has 2 fully saturated rings. The van der Waals surface area contributed by atoms with Gasteiger partial charge in [-0.25, -0.2) is 0 Å². The number of fused-ring (bicyclic) bond motifs is 1. The van der Waals surface area contributed by atoms with E-state index in [-0.39, 0.29) is 24.1 Å². The number of carbonyl (C=O) groups is 3. The highest BCUT2D eigenvalue weighted by Crippen LogP contribution is 2.31. The van der Waals surface area contributed by atoms with E-state index in [2.05, 4.69) is 35.4 Å². The van der Waals surface area contributed by atoms with E-state index in [4.69, 9.17) is 0 Å². The predicted octanol–water partition coefficient (Wildman–Crippen LogP) is 1.66. The topological polar surface area (TPSA) is 81.8 Å². The monoisotopic (exact) mass is 386 g/mol. The molecule has 2 saturated heterocycles. The number of hydrogen-bond acceptors (Lipinski definition) is 5. The molecule has 0 saturated carbocycles. The van der Waals surface area contributed by atoms with Crippen molar-refractivity contribution in [2.24, 2.45) is 0 Å². The summed E-state index contributed by atoms with van der Waals surface area (Å²) < 4.78 is 0. The molecule has 2 N–H and O–H groups in total. The fourth-order valence-corrected chi connectivity index (χ4v) is 4.30. The van der Waals surface area contributed by atoms with Crippen LogP contribution in [0.15, 0.2) is 18.2 Å². The summed E-state index contributed by atoms with van der Waals surface area (Å²) in [5.74, 6) is -0.755. The maximum absolute atomic E-state index is 12.8. The van der Waals surface area contributed by atoms with Crippen molar-refractivity contribution >= 4 is 23.4 Å². The minimum absolute atomic E-state index is 0.122. The number of nitrogens with zero attached hydrogens (tertiary/aromatic N) is 2. The molecule has 3 aliphatic rings. The van der Waals surface area contributed by atoms with Crippen LogP contribution in [-0.2, 0) is 16.1 Å². The molecule has 28 heavy (non-hydrogen) atoms. The SMILES string of the molecule is CC.CC1CN(c2ccc3c(c2)CN(C2CCC(=O)NC2=O)C3=O)C[C@H](C)N1. The Bertz CT molecular complexity index is 769. The van der Waals surface area contributed by atoms with Gasteiger partial charge in [-0.2, -0.15) is 0 Å². The van der Waals surface area contributed by atoms with Gasteiger partial charge in [-0.1, -0.05) is 13.8 Å². The lowest BCUT2D eigenvalue weighted by atomic mass is 10.0. The molecule has 0 aliphatic carbocycles. The van der Waals surface area contributed by atoms with Crippen molar-refractivity contribution in [1.29, 1.82) is 0 Å². The number of benzene rings is 1. The first-order valence-corrected chi connectivity index (χ1v) is 10.2. The molecular weight excluding hydrogens is 356 g/mol. The van der Waals surface area contributed by atoms with Crippen LogP contribution in [0.25, 0.3) is 0 Å². The zero-order valence-electron chi connectivity index (χ0n) is 17.1. The summed E-state index contributed by atoms with van der Waals surface area (Å²) in [7, 11) is 0. The summed E-state index contributed by atoms with van der Waals surface area (Å²) in [6, 6.07) is 6.20. The normalized spacial score (nSPS) is 27.1. The molecule has 0 radical (unpaired) electrons. The highest BCUT2D eigenvalue weighted by atomic mass is 16.2. The highest BCUT2D eigenvalue weighted by molar-refractivity contribution is 6.05. The zero-order chi connectivity index (χ0) is 20.4. The number of piperidine rings is 1. The van der Waals surface area contributed by atoms with Gasteiger partial charge in [-0.3, -0.25) is 19.7 Å². The van der Waals surface area contributed by atoms with Gasteiger partial charge >= 0.3 is 0 Å². The first-order chi connectivity index (χ1) is 13.4. The van der Waals surface area contributed by atoms with Gasteiger partial charge in [-0.15, -0.1) is 0 Å². The van der Waals surface area contributed by atoms with E-state index in [1.54, 1.807) is 4.90 Å². The van der Waals surface area contributed by atoms with Crippen molar-refractivity contribution in [1.82, 2.24) is 15.5 Å². The predicted molar refractivity (Wildman–Crippen MR) is 108 cm³/mol. The van der Waals surface area contributed by atoms with Gasteiger partial charge in [-0.05, 0) is 44.0 Å². The smallest absolute Gasteiger partial charge is 0.255 e. The molecule has 0 aromatic heterocycles. The van der Waals surface area contributed by atoms with Gasteiger partial charge in [0.05, 0.1) is 0 Å². The van der Waals surface area contributed by atoms with Gasteiger partial charge < -0.3 is 15.1 Å². The molecule has 4 rings (SSSR count). The number of imide groups is 1. The molecule has 7 heteroatoms. The summed E-state index contributed by atoms with van der Waals surface area (Å²) in [5, 5.41) is 5.86. The van der Waals surface area contributed by atoms with Gasteiger partial charge in [0.2, 0.25) is 11.8 Å². The second kappa shape index (κ2) is 8.31. The first kappa shape index (κ1) is 20.3. The largest absolute Gasteiger partial charge is 0.368 e. The van der Waals surface area contributed by atoms with E-state index < -0.39 is 6.04 Å². The van der Waals surface area contributed by atoms with Gasteiger partial charge in [0, 0.05) is 49.4 Å². The summed E-state index contributed by atoms with van der Waals surface area (Å²) in [6.45, 7) is 10.6. The fraction of sp³-hybridized carbons (Fsp3) is 0.571. The number of piperazine rings is 1. The molecule has 1 aromatic rings. The first-order valence-electron chi connectivity index (χ1n) is 10.2. The number of rotatable bonds is 2. The van der Waals surface area contributed by atoms with Gasteiger partial charge in [0.15, 0.2) is 0 Å². The van der Waals surface area contributed by atoms with Crippen LogP contribution in [0.2, 0.25) is 0 Å². The Labute approximate surface area is 166 Å². The Morgan fingerprint density at radius 3 is 2.36 bits per heavy atom.